The predicted octanol–water partition coefficient (Wildman–Crippen LogP) is 4.98. The van der Waals surface area contributed by atoms with Crippen molar-refractivity contribution in [3.8, 4) is 11.5 Å². The normalized spacial score (nSPS) is 11.0. The third-order valence-electron chi connectivity index (χ3n) is 2.95. The molecule has 21 heavy (non-hydrogen) atoms. The number of hydrogen-bond acceptors (Lipinski definition) is 3. The molecule has 2 aromatic carbocycles. The fraction of sp³-hybridized carbons (Fsp3) is 0.235. The molecule has 0 spiro atoms. The zero-order valence-electron chi connectivity index (χ0n) is 11.9. The first kappa shape index (κ1) is 15.4. The van der Waals surface area contributed by atoms with Crippen molar-refractivity contribution in [3.63, 3.8) is 0 Å². The monoisotopic (exact) mass is 303 g/mol. The standard InChI is InChI=1S/C17H18ClNO2/c1-2-3-10-21-16-9-4-13(17(20)11-16)12-19-15-7-5-14(18)6-8-15/h4-9,11-12,20H,2-3,10H2,1H3. The van der Waals surface area contributed by atoms with Crippen molar-refractivity contribution in [1.29, 1.82) is 0 Å². The highest BCUT2D eigenvalue weighted by atomic mass is 35.5. The Morgan fingerprint density at radius 1 is 1.19 bits per heavy atom. The number of phenolic OH excluding ortho intramolecular Hbond substituents is 1. The van der Waals surface area contributed by atoms with Crippen molar-refractivity contribution >= 4 is 23.5 Å². The maximum atomic E-state index is 9.98. The molecule has 2 rings (SSSR count). The summed E-state index contributed by atoms with van der Waals surface area (Å²) in [6, 6.07) is 12.4. The molecule has 0 saturated heterocycles. The maximum Gasteiger partial charge on any atom is 0.128 e. The van der Waals surface area contributed by atoms with Crippen molar-refractivity contribution in [2.45, 2.75) is 19.8 Å². The second-order valence-electron chi connectivity index (χ2n) is 4.66. The molecular formula is C17H18ClNO2. The number of rotatable bonds is 6. The zero-order valence-corrected chi connectivity index (χ0v) is 12.7. The van der Waals surface area contributed by atoms with Crippen molar-refractivity contribution < 1.29 is 9.84 Å². The van der Waals surface area contributed by atoms with Crippen molar-refractivity contribution in [1.82, 2.24) is 0 Å². The molecule has 0 unspecified atom stereocenters. The summed E-state index contributed by atoms with van der Waals surface area (Å²) in [6.07, 6.45) is 3.70. The van der Waals surface area contributed by atoms with E-state index in [1.807, 2.05) is 18.2 Å². The fourth-order valence-corrected chi connectivity index (χ4v) is 1.85. The molecule has 0 aliphatic heterocycles. The highest BCUT2D eigenvalue weighted by molar-refractivity contribution is 6.30. The average molecular weight is 304 g/mol. The van der Waals surface area contributed by atoms with Gasteiger partial charge in [0.1, 0.15) is 11.5 Å². The van der Waals surface area contributed by atoms with Crippen LogP contribution in [0, 0.1) is 0 Å². The molecule has 0 aromatic heterocycles. The number of unbranched alkanes of at least 4 members (excludes halogenated alkanes) is 1. The van der Waals surface area contributed by atoms with E-state index >= 15 is 0 Å². The van der Waals surface area contributed by atoms with Crippen LogP contribution in [-0.4, -0.2) is 17.9 Å². The zero-order chi connectivity index (χ0) is 15.1. The highest BCUT2D eigenvalue weighted by Crippen LogP contribution is 2.23. The van der Waals surface area contributed by atoms with Gasteiger partial charge in [0.05, 0.1) is 12.3 Å². The third-order valence-corrected chi connectivity index (χ3v) is 3.20. The third kappa shape index (κ3) is 4.80. The minimum atomic E-state index is 0.154. The van der Waals surface area contributed by atoms with E-state index in [0.29, 0.717) is 22.9 Å². The number of aliphatic imine (C=N–C) groups is 1. The molecule has 0 aliphatic rings. The minimum absolute atomic E-state index is 0.154. The van der Waals surface area contributed by atoms with Gasteiger partial charge in [0.2, 0.25) is 0 Å². The molecule has 0 radical (unpaired) electrons. The number of ether oxygens (including phenoxy) is 1. The van der Waals surface area contributed by atoms with Crippen molar-refractivity contribution in [2.75, 3.05) is 6.61 Å². The number of benzene rings is 2. The van der Waals surface area contributed by atoms with Crippen LogP contribution in [0.15, 0.2) is 47.5 Å². The van der Waals surface area contributed by atoms with Crippen LogP contribution in [0.1, 0.15) is 25.3 Å². The summed E-state index contributed by atoms with van der Waals surface area (Å²) in [5.41, 5.74) is 1.43. The number of phenols is 1. The van der Waals surface area contributed by atoms with Crippen molar-refractivity contribution in [3.05, 3.63) is 53.1 Å². The van der Waals surface area contributed by atoms with Gasteiger partial charge in [-0.3, -0.25) is 4.99 Å². The summed E-state index contributed by atoms with van der Waals surface area (Å²) in [7, 11) is 0. The fourth-order valence-electron chi connectivity index (χ4n) is 1.73. The second-order valence-corrected chi connectivity index (χ2v) is 5.09. The molecule has 0 amide bonds. The van der Waals surface area contributed by atoms with Gasteiger partial charge in [-0.15, -0.1) is 0 Å². The van der Waals surface area contributed by atoms with Gasteiger partial charge in [-0.1, -0.05) is 24.9 Å². The van der Waals surface area contributed by atoms with Crippen LogP contribution in [0.25, 0.3) is 0 Å². The van der Waals surface area contributed by atoms with E-state index in [2.05, 4.69) is 11.9 Å². The Labute approximate surface area is 129 Å². The van der Waals surface area contributed by atoms with Crippen LogP contribution in [0.2, 0.25) is 5.02 Å². The largest absolute Gasteiger partial charge is 0.507 e. The topological polar surface area (TPSA) is 41.8 Å². The molecular weight excluding hydrogens is 286 g/mol. The van der Waals surface area contributed by atoms with Crippen LogP contribution in [0.4, 0.5) is 5.69 Å². The lowest BCUT2D eigenvalue weighted by Crippen LogP contribution is -1.96. The van der Waals surface area contributed by atoms with E-state index in [4.69, 9.17) is 16.3 Å². The molecule has 0 bridgehead atoms. The summed E-state index contributed by atoms with van der Waals surface area (Å²) in [6.45, 7) is 2.77. The Morgan fingerprint density at radius 2 is 1.95 bits per heavy atom. The smallest absolute Gasteiger partial charge is 0.128 e. The molecule has 110 valence electrons. The lowest BCUT2D eigenvalue weighted by atomic mass is 10.2. The highest BCUT2D eigenvalue weighted by Gasteiger charge is 2.01. The minimum Gasteiger partial charge on any atom is -0.507 e. The molecule has 0 fully saturated rings. The molecule has 0 aliphatic carbocycles. The van der Waals surface area contributed by atoms with Crippen LogP contribution < -0.4 is 4.74 Å². The average Bonchev–Trinajstić information content (AvgIpc) is 2.48. The van der Waals surface area contributed by atoms with E-state index in [-0.39, 0.29) is 5.75 Å². The van der Waals surface area contributed by atoms with Gasteiger partial charge in [-0.05, 0) is 42.8 Å². The SMILES string of the molecule is CCCCOc1ccc(C=Nc2ccc(Cl)cc2)c(O)c1. The molecule has 3 nitrogen and oxygen atoms in total. The van der Waals surface area contributed by atoms with Gasteiger partial charge in [-0.2, -0.15) is 0 Å². The Bertz CT molecular complexity index is 609. The van der Waals surface area contributed by atoms with E-state index in [0.717, 1.165) is 18.5 Å². The first-order valence-electron chi connectivity index (χ1n) is 6.94. The van der Waals surface area contributed by atoms with Crippen LogP contribution >= 0.6 is 11.6 Å². The molecule has 2 aromatic rings. The van der Waals surface area contributed by atoms with E-state index in [1.165, 1.54) is 0 Å². The second kappa shape index (κ2) is 7.70. The van der Waals surface area contributed by atoms with E-state index in [1.54, 1.807) is 30.5 Å². The van der Waals surface area contributed by atoms with E-state index < -0.39 is 0 Å². The quantitative estimate of drug-likeness (QED) is 0.604. The molecule has 1 N–H and O–H groups in total. The first-order valence-corrected chi connectivity index (χ1v) is 7.32. The summed E-state index contributed by atoms with van der Waals surface area (Å²) < 4.78 is 5.54. The van der Waals surface area contributed by atoms with Gasteiger partial charge < -0.3 is 9.84 Å². The van der Waals surface area contributed by atoms with Crippen LogP contribution in [0.3, 0.4) is 0 Å². The van der Waals surface area contributed by atoms with Gasteiger partial charge in [0, 0.05) is 22.9 Å². The number of halogens is 1. The van der Waals surface area contributed by atoms with E-state index in [9.17, 15) is 5.11 Å². The summed E-state index contributed by atoms with van der Waals surface area (Å²) in [5, 5.41) is 10.6. The first-order chi connectivity index (χ1) is 10.2. The summed E-state index contributed by atoms with van der Waals surface area (Å²) in [5.74, 6) is 0.825. The van der Waals surface area contributed by atoms with Gasteiger partial charge in [0.15, 0.2) is 0 Å². The molecule has 0 heterocycles. The summed E-state index contributed by atoms with van der Waals surface area (Å²) in [4.78, 5) is 4.30. The Kier molecular flexibility index (Phi) is 5.64. The Balaban J connectivity index is 2.05. The number of aromatic hydroxyl groups is 1. The lowest BCUT2D eigenvalue weighted by Gasteiger charge is -2.06. The maximum absolute atomic E-state index is 9.98. The Hall–Kier alpha value is -2.00. The van der Waals surface area contributed by atoms with Crippen LogP contribution in [0.5, 0.6) is 11.5 Å². The van der Waals surface area contributed by atoms with Crippen LogP contribution in [-0.2, 0) is 0 Å². The predicted molar refractivity (Wildman–Crippen MR) is 87.2 cm³/mol. The molecule has 0 saturated carbocycles. The van der Waals surface area contributed by atoms with Gasteiger partial charge >= 0.3 is 0 Å². The van der Waals surface area contributed by atoms with Gasteiger partial charge in [0.25, 0.3) is 0 Å². The number of hydrogen-bond donors (Lipinski definition) is 1. The van der Waals surface area contributed by atoms with Gasteiger partial charge in [-0.25, -0.2) is 0 Å². The van der Waals surface area contributed by atoms with Crippen molar-refractivity contribution in [2.24, 2.45) is 4.99 Å². The number of nitrogens with zero attached hydrogens (tertiary/aromatic N) is 1. The lowest BCUT2D eigenvalue weighted by molar-refractivity contribution is 0.307. The Morgan fingerprint density at radius 3 is 2.62 bits per heavy atom. The molecule has 4 heteroatoms. The summed E-state index contributed by atoms with van der Waals surface area (Å²) >= 11 is 5.82. The molecule has 0 atom stereocenters.